The Bertz CT molecular complexity index is 1060. The average molecular weight is 389 g/mol. The van der Waals surface area contributed by atoms with Crippen molar-refractivity contribution in [3.05, 3.63) is 93.2 Å². The lowest BCUT2D eigenvalue weighted by molar-refractivity contribution is 0.102. The average Bonchev–Trinajstić information content (AvgIpc) is 2.71. The summed E-state index contributed by atoms with van der Waals surface area (Å²) in [7, 11) is 0. The van der Waals surface area contributed by atoms with Crippen LogP contribution >= 0.6 is 0 Å². The lowest BCUT2D eigenvalue weighted by Gasteiger charge is -2.20. The maximum Gasteiger partial charge on any atom is 0.261 e. The zero-order chi connectivity index (χ0) is 20.8. The number of rotatable bonds is 7. The van der Waals surface area contributed by atoms with E-state index >= 15 is 0 Å². The Hall–Kier alpha value is -3.21. The molecule has 0 fully saturated rings. The van der Waals surface area contributed by atoms with Crippen LogP contribution in [0, 0.1) is 13.8 Å². The number of nitrogens with one attached hydrogen (secondary N) is 1. The molecule has 1 amide bonds. The van der Waals surface area contributed by atoms with Crippen molar-refractivity contribution in [1.82, 2.24) is 9.55 Å². The summed E-state index contributed by atoms with van der Waals surface area (Å²) in [5.74, 6) is -0.356. The second-order valence-electron chi connectivity index (χ2n) is 7.25. The monoisotopic (exact) mass is 389 g/mol. The minimum absolute atomic E-state index is 0.225. The Morgan fingerprint density at radius 3 is 2.55 bits per heavy atom. The fourth-order valence-electron chi connectivity index (χ4n) is 3.45. The zero-order valence-electron chi connectivity index (χ0n) is 17.2. The van der Waals surface area contributed by atoms with Gasteiger partial charge in [0.1, 0.15) is 5.56 Å². The molecule has 0 atom stereocenters. The van der Waals surface area contributed by atoms with Gasteiger partial charge in [-0.05, 0) is 50.5 Å². The number of hydrogen-bond acceptors (Lipinski definition) is 3. The van der Waals surface area contributed by atoms with E-state index in [0.717, 1.165) is 41.2 Å². The molecule has 0 bridgehead atoms. The number of aryl methyl sites for hydroxylation is 2. The van der Waals surface area contributed by atoms with E-state index < -0.39 is 0 Å². The van der Waals surface area contributed by atoms with Crippen molar-refractivity contribution in [2.45, 2.75) is 46.6 Å². The molecule has 3 rings (SSSR count). The van der Waals surface area contributed by atoms with Gasteiger partial charge < -0.3 is 9.88 Å². The third kappa shape index (κ3) is 4.80. The summed E-state index contributed by atoms with van der Waals surface area (Å²) in [4.78, 5) is 30.4. The van der Waals surface area contributed by atoms with E-state index in [1.807, 2.05) is 60.9 Å². The fraction of sp³-hybridized carbons (Fsp3) is 0.292. The number of benzene rings is 1. The molecular formula is C24H27N3O2. The Morgan fingerprint density at radius 1 is 1.10 bits per heavy atom. The predicted octanol–water partition coefficient (Wildman–Crippen LogP) is 4.50. The molecule has 0 saturated heterocycles. The predicted molar refractivity (Wildman–Crippen MR) is 117 cm³/mol. The molecule has 1 N–H and O–H groups in total. The van der Waals surface area contributed by atoms with Gasteiger partial charge in [0.15, 0.2) is 5.43 Å². The first kappa shape index (κ1) is 20.5. The minimum Gasteiger partial charge on any atom is -0.342 e. The van der Waals surface area contributed by atoms with Crippen molar-refractivity contribution in [3.8, 4) is 0 Å². The minimum atomic E-state index is -0.356. The van der Waals surface area contributed by atoms with Crippen LogP contribution in [0.25, 0.3) is 0 Å². The van der Waals surface area contributed by atoms with Crippen molar-refractivity contribution >= 4 is 11.6 Å². The van der Waals surface area contributed by atoms with Crippen LogP contribution in [-0.4, -0.2) is 15.5 Å². The van der Waals surface area contributed by atoms with Crippen LogP contribution in [0.5, 0.6) is 0 Å². The number of para-hydroxylation sites is 1. The molecule has 5 nitrogen and oxygen atoms in total. The number of hydrogen-bond donors (Lipinski definition) is 1. The van der Waals surface area contributed by atoms with Gasteiger partial charge >= 0.3 is 0 Å². The quantitative estimate of drug-likeness (QED) is 0.647. The molecule has 0 saturated carbocycles. The van der Waals surface area contributed by atoms with Gasteiger partial charge in [0.25, 0.3) is 5.91 Å². The van der Waals surface area contributed by atoms with Crippen LogP contribution in [0.3, 0.4) is 0 Å². The smallest absolute Gasteiger partial charge is 0.261 e. The van der Waals surface area contributed by atoms with Crippen LogP contribution in [0.1, 0.15) is 52.8 Å². The number of amides is 1. The molecule has 0 aliphatic heterocycles. The van der Waals surface area contributed by atoms with Crippen molar-refractivity contribution in [1.29, 1.82) is 0 Å². The van der Waals surface area contributed by atoms with Crippen molar-refractivity contribution in [3.63, 3.8) is 0 Å². The number of aromatic nitrogens is 2. The van der Waals surface area contributed by atoms with Crippen molar-refractivity contribution in [2.75, 3.05) is 5.32 Å². The summed E-state index contributed by atoms with van der Waals surface area (Å²) < 4.78 is 2.05. The highest BCUT2D eigenvalue weighted by molar-refractivity contribution is 6.05. The molecular weight excluding hydrogens is 362 g/mol. The van der Waals surface area contributed by atoms with E-state index in [0.29, 0.717) is 13.0 Å². The summed E-state index contributed by atoms with van der Waals surface area (Å²) in [5, 5.41) is 2.93. The molecule has 0 unspecified atom stereocenters. The Balaban J connectivity index is 2.07. The number of nitrogens with zero attached hydrogens (tertiary/aromatic N) is 2. The summed E-state index contributed by atoms with van der Waals surface area (Å²) >= 11 is 0. The molecule has 1 aromatic carbocycles. The third-order valence-electron chi connectivity index (χ3n) is 5.06. The summed E-state index contributed by atoms with van der Waals surface area (Å²) in [6, 6.07) is 14.9. The molecule has 0 aliphatic rings. The van der Waals surface area contributed by atoms with Gasteiger partial charge in [0.2, 0.25) is 0 Å². The highest BCUT2D eigenvalue weighted by Gasteiger charge is 2.21. The number of pyridine rings is 2. The van der Waals surface area contributed by atoms with Gasteiger partial charge in [-0.1, -0.05) is 37.6 Å². The zero-order valence-corrected chi connectivity index (χ0v) is 17.2. The van der Waals surface area contributed by atoms with Crippen molar-refractivity contribution in [2.24, 2.45) is 0 Å². The lowest BCUT2D eigenvalue weighted by atomic mass is 10.0. The van der Waals surface area contributed by atoms with E-state index in [2.05, 4.69) is 17.2 Å². The van der Waals surface area contributed by atoms with Crippen LogP contribution in [0.15, 0.2) is 59.5 Å². The molecule has 2 heterocycles. The van der Waals surface area contributed by atoms with Crippen LogP contribution in [-0.2, 0) is 13.0 Å². The standard InChI is InChI=1S/C24H27N3O2/c1-4-5-13-21-23(24(29)26-20-12-7-6-10-17(20)2)22(28)15-18(3)27(21)16-19-11-8-9-14-25-19/h6-12,14-15H,4-5,13,16H2,1-3H3,(H,26,29). The number of anilines is 1. The van der Waals surface area contributed by atoms with E-state index in [1.165, 1.54) is 0 Å². The second-order valence-corrected chi connectivity index (χ2v) is 7.25. The van der Waals surface area contributed by atoms with Gasteiger partial charge in [-0.25, -0.2) is 0 Å². The maximum absolute atomic E-state index is 13.1. The summed E-state index contributed by atoms with van der Waals surface area (Å²) in [6.07, 6.45) is 4.29. The number of carbonyl (C=O) groups is 1. The topological polar surface area (TPSA) is 64.0 Å². The molecule has 3 aromatic rings. The first-order valence-corrected chi connectivity index (χ1v) is 10.0. The van der Waals surface area contributed by atoms with Crippen molar-refractivity contribution < 1.29 is 4.79 Å². The number of carbonyl (C=O) groups excluding carboxylic acids is 1. The van der Waals surface area contributed by atoms with E-state index in [9.17, 15) is 9.59 Å². The van der Waals surface area contributed by atoms with Gasteiger partial charge in [-0.2, -0.15) is 0 Å². The third-order valence-corrected chi connectivity index (χ3v) is 5.06. The van der Waals surface area contributed by atoms with Gasteiger partial charge in [-0.15, -0.1) is 0 Å². The molecule has 29 heavy (non-hydrogen) atoms. The van der Waals surface area contributed by atoms with Gasteiger partial charge in [0.05, 0.1) is 12.2 Å². The Kier molecular flexibility index (Phi) is 6.60. The van der Waals surface area contributed by atoms with Crippen LogP contribution < -0.4 is 10.7 Å². The van der Waals surface area contributed by atoms with Gasteiger partial charge in [-0.3, -0.25) is 14.6 Å². The van der Waals surface area contributed by atoms with E-state index in [1.54, 1.807) is 12.3 Å². The highest BCUT2D eigenvalue weighted by atomic mass is 16.2. The molecule has 150 valence electrons. The van der Waals surface area contributed by atoms with E-state index in [4.69, 9.17) is 0 Å². The van der Waals surface area contributed by atoms with Gasteiger partial charge in [0, 0.05) is 29.3 Å². The lowest BCUT2D eigenvalue weighted by Crippen LogP contribution is -2.29. The molecule has 0 radical (unpaired) electrons. The summed E-state index contributed by atoms with van der Waals surface area (Å²) in [5.41, 5.74) is 4.15. The highest BCUT2D eigenvalue weighted by Crippen LogP contribution is 2.18. The largest absolute Gasteiger partial charge is 0.342 e. The molecule has 5 heteroatoms. The summed E-state index contributed by atoms with van der Waals surface area (Å²) in [6.45, 7) is 6.46. The normalized spacial score (nSPS) is 10.7. The van der Waals surface area contributed by atoms with E-state index in [-0.39, 0.29) is 16.9 Å². The van der Waals surface area contributed by atoms with Crippen LogP contribution in [0.4, 0.5) is 5.69 Å². The Morgan fingerprint density at radius 2 is 1.86 bits per heavy atom. The Labute approximate surface area is 171 Å². The molecule has 0 spiro atoms. The fourth-order valence-corrected chi connectivity index (χ4v) is 3.45. The van der Waals surface area contributed by atoms with Crippen LogP contribution in [0.2, 0.25) is 0 Å². The number of unbranched alkanes of at least 4 members (excludes halogenated alkanes) is 1. The SMILES string of the molecule is CCCCc1c(C(=O)Nc2ccccc2C)c(=O)cc(C)n1Cc1ccccn1. The first-order chi connectivity index (χ1) is 14.0. The molecule has 2 aromatic heterocycles. The molecule has 0 aliphatic carbocycles. The maximum atomic E-state index is 13.1. The second kappa shape index (κ2) is 9.32. The first-order valence-electron chi connectivity index (χ1n) is 10.0.